The first-order valence-corrected chi connectivity index (χ1v) is 6.16. The summed E-state index contributed by atoms with van der Waals surface area (Å²) >= 11 is 11.5. The lowest BCUT2D eigenvalue weighted by atomic mass is 10.1. The molecule has 0 saturated carbocycles. The molecule has 0 N–H and O–H groups in total. The van der Waals surface area contributed by atoms with Gasteiger partial charge in [-0.05, 0) is 12.2 Å². The highest BCUT2D eigenvalue weighted by Crippen LogP contribution is 2.34. The molecule has 0 aromatic heterocycles. The van der Waals surface area contributed by atoms with Crippen LogP contribution in [-0.4, -0.2) is 22.3 Å². The molecule has 96 valence electrons. The third kappa shape index (κ3) is 2.54. The summed E-state index contributed by atoms with van der Waals surface area (Å²) in [6.07, 6.45) is 11.1. The molecule has 0 aromatic carbocycles. The van der Waals surface area contributed by atoms with Crippen LogP contribution in [0.25, 0.3) is 0 Å². The molecule has 0 saturated heterocycles. The fourth-order valence-corrected chi connectivity index (χ4v) is 1.89. The Morgan fingerprint density at radius 1 is 0.778 bits per heavy atom. The maximum Gasteiger partial charge on any atom is 0.257 e. The Hall–Kier alpha value is -1.00. The molecule has 18 heavy (non-hydrogen) atoms. The van der Waals surface area contributed by atoms with Crippen LogP contribution in [0.4, 0.5) is 8.78 Å². The molecule has 2 aliphatic rings. The van der Waals surface area contributed by atoms with Gasteiger partial charge in [-0.3, -0.25) is 0 Å². The molecule has 0 bridgehead atoms. The number of hydrogen-bond donors (Lipinski definition) is 0. The van der Waals surface area contributed by atoms with Gasteiger partial charge >= 0.3 is 0 Å². The molecule has 0 amide bonds. The smallest absolute Gasteiger partial charge is 0.209 e. The predicted octanol–water partition coefficient (Wildman–Crippen LogP) is 4.24. The van der Waals surface area contributed by atoms with Crippen LogP contribution in [0.2, 0.25) is 0 Å². The fourth-order valence-electron chi connectivity index (χ4n) is 1.49. The number of hydrogen-bond acceptors (Lipinski definition) is 2. The SMILES string of the molecule is FC1(N=NC2(F)C=CC=CC2Cl)C=CC=CC1Cl. The minimum atomic E-state index is -2.25. The van der Waals surface area contributed by atoms with Crippen LogP contribution in [0.3, 0.4) is 0 Å². The van der Waals surface area contributed by atoms with Gasteiger partial charge in [-0.15, -0.1) is 33.4 Å². The Morgan fingerprint density at radius 3 is 1.50 bits per heavy atom. The number of alkyl halides is 4. The van der Waals surface area contributed by atoms with Gasteiger partial charge in [0, 0.05) is 0 Å². The van der Waals surface area contributed by atoms with E-state index in [0.29, 0.717) is 0 Å². The van der Waals surface area contributed by atoms with Crippen LogP contribution >= 0.6 is 23.2 Å². The van der Waals surface area contributed by atoms with Gasteiger partial charge in [0.1, 0.15) is 10.8 Å². The minimum Gasteiger partial charge on any atom is -0.209 e. The third-order valence-corrected chi connectivity index (χ3v) is 3.48. The molecule has 4 atom stereocenters. The van der Waals surface area contributed by atoms with E-state index in [-0.39, 0.29) is 0 Å². The van der Waals surface area contributed by atoms with Gasteiger partial charge in [-0.25, -0.2) is 8.78 Å². The summed E-state index contributed by atoms with van der Waals surface area (Å²) in [4.78, 5) is 0. The van der Waals surface area contributed by atoms with Crippen molar-refractivity contribution < 1.29 is 8.78 Å². The Labute approximate surface area is 113 Å². The second kappa shape index (κ2) is 4.94. The summed E-state index contributed by atoms with van der Waals surface area (Å²) in [6, 6.07) is 0. The molecular weight excluding hydrogens is 281 g/mol. The van der Waals surface area contributed by atoms with Crippen LogP contribution in [0.5, 0.6) is 0 Å². The van der Waals surface area contributed by atoms with Crippen molar-refractivity contribution in [2.75, 3.05) is 0 Å². The van der Waals surface area contributed by atoms with Gasteiger partial charge < -0.3 is 0 Å². The first-order chi connectivity index (χ1) is 8.46. The Balaban J connectivity index is 2.21. The zero-order valence-electron chi connectivity index (χ0n) is 9.18. The van der Waals surface area contributed by atoms with Crippen LogP contribution in [0.1, 0.15) is 0 Å². The van der Waals surface area contributed by atoms with E-state index in [1.165, 1.54) is 24.3 Å². The van der Waals surface area contributed by atoms with Gasteiger partial charge in [0.05, 0.1) is 0 Å². The molecule has 4 unspecified atom stereocenters. The topological polar surface area (TPSA) is 24.7 Å². The zero-order valence-corrected chi connectivity index (χ0v) is 10.7. The highest BCUT2D eigenvalue weighted by atomic mass is 35.5. The molecule has 2 aliphatic carbocycles. The van der Waals surface area contributed by atoms with E-state index in [1.54, 1.807) is 12.2 Å². The summed E-state index contributed by atoms with van der Waals surface area (Å²) in [5, 5.41) is 4.73. The average molecular weight is 291 g/mol. The van der Waals surface area contributed by atoms with E-state index in [0.717, 1.165) is 12.2 Å². The highest BCUT2D eigenvalue weighted by Gasteiger charge is 2.40. The molecule has 0 aromatic rings. The van der Waals surface area contributed by atoms with Gasteiger partial charge in [0.25, 0.3) is 11.6 Å². The summed E-state index contributed by atoms with van der Waals surface area (Å²) in [5.41, 5.74) is 0. The van der Waals surface area contributed by atoms with Crippen molar-refractivity contribution >= 4 is 23.2 Å². The molecule has 2 nitrogen and oxygen atoms in total. The highest BCUT2D eigenvalue weighted by molar-refractivity contribution is 6.23. The molecule has 0 spiro atoms. The first kappa shape index (κ1) is 13.4. The molecule has 2 rings (SSSR count). The van der Waals surface area contributed by atoms with Crippen molar-refractivity contribution in [3.63, 3.8) is 0 Å². The van der Waals surface area contributed by atoms with Gasteiger partial charge in [-0.2, -0.15) is 0 Å². The molecular formula is C12H10Cl2F2N2. The lowest BCUT2D eigenvalue weighted by molar-refractivity contribution is 0.187. The average Bonchev–Trinajstić information content (AvgIpc) is 2.35. The maximum absolute atomic E-state index is 14.2. The number of allylic oxidation sites excluding steroid dienone is 4. The molecule has 0 radical (unpaired) electrons. The third-order valence-electron chi connectivity index (χ3n) is 2.57. The molecule has 0 aliphatic heterocycles. The molecule has 0 heterocycles. The number of halogens is 4. The van der Waals surface area contributed by atoms with Gasteiger partial charge in [0.2, 0.25) is 0 Å². The molecule has 6 heteroatoms. The lowest BCUT2D eigenvalue weighted by Crippen LogP contribution is -2.33. The Bertz CT molecular complexity index is 431. The van der Waals surface area contributed by atoms with Gasteiger partial charge in [-0.1, -0.05) is 36.5 Å². The van der Waals surface area contributed by atoms with E-state index in [4.69, 9.17) is 23.2 Å². The minimum absolute atomic E-state index is 1.02. The van der Waals surface area contributed by atoms with Crippen molar-refractivity contribution in [3.8, 4) is 0 Å². The quantitative estimate of drug-likeness (QED) is 0.413. The normalized spacial score (nSPS) is 42.9. The van der Waals surface area contributed by atoms with Crippen LogP contribution in [-0.2, 0) is 0 Å². The number of nitrogens with zero attached hydrogens (tertiary/aromatic N) is 2. The van der Waals surface area contributed by atoms with E-state index in [2.05, 4.69) is 10.2 Å². The summed E-state index contributed by atoms with van der Waals surface area (Å²) in [6.45, 7) is 0. The summed E-state index contributed by atoms with van der Waals surface area (Å²) < 4.78 is 28.5. The van der Waals surface area contributed by atoms with E-state index < -0.39 is 22.3 Å². The lowest BCUT2D eigenvalue weighted by Gasteiger charge is -2.25. The predicted molar refractivity (Wildman–Crippen MR) is 68.4 cm³/mol. The first-order valence-electron chi connectivity index (χ1n) is 5.28. The summed E-state index contributed by atoms with van der Waals surface area (Å²) in [5.74, 6) is -4.50. The van der Waals surface area contributed by atoms with Crippen LogP contribution < -0.4 is 0 Å². The van der Waals surface area contributed by atoms with Crippen molar-refractivity contribution in [1.82, 2.24) is 0 Å². The van der Waals surface area contributed by atoms with E-state index in [9.17, 15) is 8.78 Å². The fraction of sp³-hybridized carbons (Fsp3) is 0.333. The Kier molecular flexibility index (Phi) is 3.69. The van der Waals surface area contributed by atoms with Crippen molar-refractivity contribution in [3.05, 3.63) is 48.6 Å². The van der Waals surface area contributed by atoms with Gasteiger partial charge in [0.15, 0.2) is 0 Å². The van der Waals surface area contributed by atoms with Crippen molar-refractivity contribution in [1.29, 1.82) is 0 Å². The second-order valence-corrected chi connectivity index (χ2v) is 4.89. The monoisotopic (exact) mass is 290 g/mol. The number of rotatable bonds is 2. The Morgan fingerprint density at radius 2 is 1.17 bits per heavy atom. The summed E-state index contributed by atoms with van der Waals surface area (Å²) in [7, 11) is 0. The van der Waals surface area contributed by atoms with E-state index >= 15 is 0 Å². The van der Waals surface area contributed by atoms with Crippen molar-refractivity contribution in [2.45, 2.75) is 22.3 Å². The standard InChI is InChI=1S/C12H10Cl2F2N2/c13-9-5-1-3-7-11(9,15)17-18-12(16)8-4-2-6-10(12)14/h1-10H. The van der Waals surface area contributed by atoms with Crippen LogP contribution in [0, 0.1) is 0 Å². The molecule has 0 fully saturated rings. The largest absolute Gasteiger partial charge is 0.257 e. The van der Waals surface area contributed by atoms with Crippen molar-refractivity contribution in [2.24, 2.45) is 10.2 Å². The zero-order chi connectivity index (χ0) is 13.2. The maximum atomic E-state index is 14.2. The second-order valence-electron chi connectivity index (χ2n) is 3.95. The number of azo groups is 1. The van der Waals surface area contributed by atoms with E-state index in [1.807, 2.05) is 0 Å². The van der Waals surface area contributed by atoms with Crippen LogP contribution in [0.15, 0.2) is 58.8 Å².